The summed E-state index contributed by atoms with van der Waals surface area (Å²) in [4.78, 5) is 4.40. The lowest BCUT2D eigenvalue weighted by Gasteiger charge is -2.32. The van der Waals surface area contributed by atoms with Crippen molar-refractivity contribution in [3.8, 4) is 5.88 Å². The summed E-state index contributed by atoms with van der Waals surface area (Å²) in [5, 5.41) is 0. The third-order valence-corrected chi connectivity index (χ3v) is 4.00. The van der Waals surface area contributed by atoms with Crippen LogP contribution in [0.4, 0.5) is 0 Å². The van der Waals surface area contributed by atoms with Crippen LogP contribution in [0.15, 0.2) is 18.1 Å². The zero-order valence-corrected chi connectivity index (χ0v) is 13.1. The van der Waals surface area contributed by atoms with Crippen LogP contribution in [0, 0.1) is 6.92 Å². The Labute approximate surface area is 121 Å². The average Bonchev–Trinajstić information content (AvgIpc) is 2.57. The van der Waals surface area contributed by atoms with E-state index in [2.05, 4.69) is 4.98 Å². The first kappa shape index (κ1) is 15.1. The van der Waals surface area contributed by atoms with Crippen LogP contribution in [-0.4, -0.2) is 30.4 Å². The summed E-state index contributed by atoms with van der Waals surface area (Å²) < 4.78 is 17.0. The van der Waals surface area contributed by atoms with Crippen molar-refractivity contribution >= 4 is 13.2 Å². The van der Waals surface area contributed by atoms with Gasteiger partial charge in [0.15, 0.2) is 0 Å². The number of aromatic nitrogens is 1. The first-order valence-electron chi connectivity index (χ1n) is 6.81. The van der Waals surface area contributed by atoms with E-state index in [1.165, 1.54) is 0 Å². The maximum absolute atomic E-state index is 5.91. The molecule has 1 fully saturated rings. The van der Waals surface area contributed by atoms with E-state index in [0.717, 1.165) is 11.3 Å². The van der Waals surface area contributed by atoms with E-state index in [-0.39, 0.29) is 18.3 Å². The lowest BCUT2D eigenvalue weighted by atomic mass is 9.89. The van der Waals surface area contributed by atoms with Gasteiger partial charge < -0.3 is 14.0 Å². The molecule has 1 aliphatic rings. The molecular weight excluding hydrogens is 253 g/mol. The van der Waals surface area contributed by atoms with E-state index >= 15 is 0 Å². The van der Waals surface area contributed by atoms with Gasteiger partial charge in [0.2, 0.25) is 5.88 Å². The largest absolute Gasteiger partial charge is 0.487 e. The van der Waals surface area contributed by atoms with Crippen LogP contribution in [0.25, 0.3) is 6.08 Å². The molecule has 1 aromatic heterocycles. The van der Waals surface area contributed by atoms with Crippen LogP contribution in [0.2, 0.25) is 0 Å². The second kappa shape index (κ2) is 5.22. The van der Waals surface area contributed by atoms with Gasteiger partial charge in [-0.25, -0.2) is 4.98 Å². The zero-order valence-electron chi connectivity index (χ0n) is 13.1. The van der Waals surface area contributed by atoms with Crippen LogP contribution >= 0.6 is 0 Å². The lowest BCUT2D eigenvalue weighted by Crippen LogP contribution is -2.41. The maximum Gasteiger partial charge on any atom is 0.487 e. The van der Waals surface area contributed by atoms with Gasteiger partial charge in [0, 0.05) is 6.07 Å². The van der Waals surface area contributed by atoms with Gasteiger partial charge in [-0.3, -0.25) is 0 Å². The fourth-order valence-electron chi connectivity index (χ4n) is 1.95. The van der Waals surface area contributed by atoms with E-state index in [0.29, 0.717) is 5.88 Å². The number of methoxy groups -OCH3 is 1. The van der Waals surface area contributed by atoms with Gasteiger partial charge in [0.25, 0.3) is 0 Å². The standard InChI is InChI=1S/C15H22BNO3/c1-11-7-8-13(18-6)17-12(11)9-10-16-19-14(2,3)15(4,5)20-16/h7-10H,1-6H3/b10-9+. The highest BCUT2D eigenvalue weighted by Crippen LogP contribution is 2.37. The highest BCUT2D eigenvalue weighted by atomic mass is 16.7. The fraction of sp³-hybridized carbons (Fsp3) is 0.533. The molecule has 0 saturated carbocycles. The highest BCUT2D eigenvalue weighted by molar-refractivity contribution is 6.52. The Morgan fingerprint density at radius 2 is 1.75 bits per heavy atom. The summed E-state index contributed by atoms with van der Waals surface area (Å²) in [6.45, 7) is 10.2. The molecule has 0 spiro atoms. The molecule has 1 aliphatic heterocycles. The first-order chi connectivity index (χ1) is 9.25. The molecule has 2 rings (SSSR count). The fourth-order valence-corrected chi connectivity index (χ4v) is 1.95. The number of rotatable bonds is 3. The summed E-state index contributed by atoms with van der Waals surface area (Å²) >= 11 is 0. The van der Waals surface area contributed by atoms with Crippen molar-refractivity contribution in [3.05, 3.63) is 29.4 Å². The van der Waals surface area contributed by atoms with E-state index < -0.39 is 0 Å². The van der Waals surface area contributed by atoms with E-state index in [4.69, 9.17) is 14.0 Å². The van der Waals surface area contributed by atoms with Crippen LogP contribution in [0.1, 0.15) is 39.0 Å². The molecule has 0 radical (unpaired) electrons. The number of pyridine rings is 1. The van der Waals surface area contributed by atoms with Crippen molar-refractivity contribution in [1.29, 1.82) is 0 Å². The van der Waals surface area contributed by atoms with Crippen molar-refractivity contribution in [2.75, 3.05) is 7.11 Å². The Kier molecular flexibility index (Phi) is 3.94. The molecule has 0 amide bonds. The molecule has 4 nitrogen and oxygen atoms in total. The molecule has 0 N–H and O–H groups in total. The topological polar surface area (TPSA) is 40.6 Å². The number of nitrogens with zero attached hydrogens (tertiary/aromatic N) is 1. The van der Waals surface area contributed by atoms with Crippen molar-refractivity contribution in [2.45, 2.75) is 45.8 Å². The van der Waals surface area contributed by atoms with Crippen molar-refractivity contribution in [3.63, 3.8) is 0 Å². The first-order valence-corrected chi connectivity index (χ1v) is 6.81. The van der Waals surface area contributed by atoms with Crippen LogP contribution in [0.5, 0.6) is 5.88 Å². The molecule has 0 bridgehead atoms. The van der Waals surface area contributed by atoms with Crippen molar-refractivity contribution in [2.24, 2.45) is 0 Å². The van der Waals surface area contributed by atoms with Gasteiger partial charge in [-0.05, 0) is 46.3 Å². The number of hydrogen-bond donors (Lipinski definition) is 0. The third kappa shape index (κ3) is 2.89. The SMILES string of the molecule is COc1ccc(C)c(/C=C/B2OC(C)(C)C(C)(C)O2)n1. The third-order valence-electron chi connectivity index (χ3n) is 4.00. The van der Waals surface area contributed by atoms with Gasteiger partial charge in [-0.15, -0.1) is 0 Å². The molecule has 0 aromatic carbocycles. The number of hydrogen-bond acceptors (Lipinski definition) is 4. The normalized spacial score (nSPS) is 20.6. The monoisotopic (exact) mass is 275 g/mol. The van der Waals surface area contributed by atoms with Crippen LogP contribution in [-0.2, 0) is 9.31 Å². The smallest absolute Gasteiger partial charge is 0.481 e. The minimum atomic E-state index is -0.354. The summed E-state index contributed by atoms with van der Waals surface area (Å²) in [5.74, 6) is 2.50. The summed E-state index contributed by atoms with van der Waals surface area (Å²) in [6, 6.07) is 3.83. The molecule has 1 saturated heterocycles. The second-order valence-electron chi connectivity index (χ2n) is 6.04. The Bertz CT molecular complexity index is 510. The molecule has 0 aliphatic carbocycles. The number of aryl methyl sites for hydroxylation is 1. The van der Waals surface area contributed by atoms with Gasteiger partial charge in [-0.1, -0.05) is 12.0 Å². The molecule has 0 unspecified atom stereocenters. The van der Waals surface area contributed by atoms with Gasteiger partial charge in [0.1, 0.15) is 0 Å². The summed E-state index contributed by atoms with van der Waals surface area (Å²) in [5.41, 5.74) is 1.30. The minimum Gasteiger partial charge on any atom is -0.481 e. The molecular formula is C15H22BNO3. The van der Waals surface area contributed by atoms with Crippen LogP contribution in [0.3, 0.4) is 0 Å². The molecule has 5 heteroatoms. The van der Waals surface area contributed by atoms with Crippen molar-refractivity contribution < 1.29 is 14.0 Å². The Hall–Kier alpha value is -1.33. The molecule has 0 atom stereocenters. The van der Waals surface area contributed by atoms with E-state index in [1.807, 2.05) is 58.8 Å². The Balaban J connectivity index is 2.15. The molecule has 2 heterocycles. The summed E-state index contributed by atoms with van der Waals surface area (Å²) in [7, 11) is 1.26. The molecule has 20 heavy (non-hydrogen) atoms. The van der Waals surface area contributed by atoms with E-state index in [9.17, 15) is 0 Å². The average molecular weight is 275 g/mol. The predicted octanol–water partition coefficient (Wildman–Crippen LogP) is 3.04. The lowest BCUT2D eigenvalue weighted by molar-refractivity contribution is 0.00578. The van der Waals surface area contributed by atoms with E-state index in [1.54, 1.807) is 7.11 Å². The van der Waals surface area contributed by atoms with Gasteiger partial charge in [-0.2, -0.15) is 0 Å². The Morgan fingerprint density at radius 1 is 1.15 bits per heavy atom. The quantitative estimate of drug-likeness (QED) is 0.795. The maximum atomic E-state index is 5.91. The predicted molar refractivity (Wildman–Crippen MR) is 80.6 cm³/mol. The summed E-state index contributed by atoms with van der Waals surface area (Å²) in [6.07, 6.45) is 1.92. The van der Waals surface area contributed by atoms with Crippen molar-refractivity contribution in [1.82, 2.24) is 4.98 Å². The minimum absolute atomic E-state index is 0.321. The molecule has 108 valence electrons. The zero-order chi connectivity index (χ0) is 15.0. The number of ether oxygens (including phenoxy) is 1. The Morgan fingerprint density at radius 3 is 2.30 bits per heavy atom. The van der Waals surface area contributed by atoms with Gasteiger partial charge >= 0.3 is 7.12 Å². The highest BCUT2D eigenvalue weighted by Gasteiger charge is 2.50. The second-order valence-corrected chi connectivity index (χ2v) is 6.04. The molecule has 1 aromatic rings. The van der Waals surface area contributed by atoms with Gasteiger partial charge in [0.05, 0.1) is 24.0 Å². The van der Waals surface area contributed by atoms with Crippen LogP contribution < -0.4 is 4.74 Å².